The van der Waals surface area contributed by atoms with Crippen molar-refractivity contribution in [1.29, 1.82) is 0 Å². The van der Waals surface area contributed by atoms with E-state index in [-0.39, 0.29) is 5.41 Å². The minimum Gasteiger partial charge on any atom is -0.381 e. The van der Waals surface area contributed by atoms with Gasteiger partial charge in [-0.3, -0.25) is 0 Å². The number of ether oxygens (including phenoxy) is 1. The van der Waals surface area contributed by atoms with Crippen molar-refractivity contribution >= 4 is 0 Å². The number of hydrogen-bond donors (Lipinski definition) is 1. The molecule has 1 unspecified atom stereocenters. The molecule has 3 fully saturated rings. The third-order valence-electron chi connectivity index (χ3n) is 4.60. The quantitative estimate of drug-likeness (QED) is 0.730. The van der Waals surface area contributed by atoms with Gasteiger partial charge in [-0.15, -0.1) is 0 Å². The molecule has 17 heavy (non-hydrogen) atoms. The average Bonchev–Trinajstić information content (AvgIpc) is 3.23. The summed E-state index contributed by atoms with van der Waals surface area (Å²) in [6.45, 7) is 6.40. The molecule has 0 aromatic heterocycles. The summed E-state index contributed by atoms with van der Waals surface area (Å²) >= 11 is 0. The van der Waals surface area contributed by atoms with Crippen LogP contribution in [0.3, 0.4) is 0 Å². The SMILES string of the molecule is NCC1(CN(CC2CC2)CC2CC2)CCOC1. The summed E-state index contributed by atoms with van der Waals surface area (Å²) in [5, 5.41) is 0. The highest BCUT2D eigenvalue weighted by molar-refractivity contribution is 4.90. The molecular weight excluding hydrogens is 212 g/mol. The van der Waals surface area contributed by atoms with Crippen LogP contribution in [0.5, 0.6) is 0 Å². The van der Waals surface area contributed by atoms with Crippen molar-refractivity contribution in [1.82, 2.24) is 4.90 Å². The Morgan fingerprint density at radius 3 is 2.18 bits per heavy atom. The van der Waals surface area contributed by atoms with Crippen molar-refractivity contribution in [2.45, 2.75) is 32.1 Å². The van der Waals surface area contributed by atoms with E-state index in [2.05, 4.69) is 4.90 Å². The van der Waals surface area contributed by atoms with Gasteiger partial charge in [-0.2, -0.15) is 0 Å². The van der Waals surface area contributed by atoms with E-state index in [9.17, 15) is 0 Å². The van der Waals surface area contributed by atoms with Crippen molar-refractivity contribution < 1.29 is 4.74 Å². The molecule has 0 radical (unpaired) electrons. The van der Waals surface area contributed by atoms with Crippen LogP contribution in [0.25, 0.3) is 0 Å². The fourth-order valence-electron chi connectivity index (χ4n) is 3.01. The highest BCUT2D eigenvalue weighted by atomic mass is 16.5. The second-order valence-corrected chi connectivity index (χ2v) is 6.59. The van der Waals surface area contributed by atoms with E-state index in [4.69, 9.17) is 10.5 Å². The Hall–Kier alpha value is -0.120. The van der Waals surface area contributed by atoms with Gasteiger partial charge in [-0.05, 0) is 43.9 Å². The lowest BCUT2D eigenvalue weighted by Gasteiger charge is -2.33. The molecule has 2 saturated carbocycles. The lowest BCUT2D eigenvalue weighted by molar-refractivity contribution is 0.109. The molecule has 3 rings (SSSR count). The summed E-state index contributed by atoms with van der Waals surface area (Å²) < 4.78 is 5.59. The van der Waals surface area contributed by atoms with Gasteiger partial charge in [0.2, 0.25) is 0 Å². The Labute approximate surface area is 105 Å². The molecule has 1 saturated heterocycles. The normalized spacial score (nSPS) is 33.5. The first-order chi connectivity index (χ1) is 8.30. The van der Waals surface area contributed by atoms with Crippen molar-refractivity contribution in [3.63, 3.8) is 0 Å². The molecule has 2 N–H and O–H groups in total. The zero-order valence-corrected chi connectivity index (χ0v) is 10.9. The fourth-order valence-corrected chi connectivity index (χ4v) is 3.01. The average molecular weight is 238 g/mol. The maximum absolute atomic E-state index is 6.00. The first kappa shape index (κ1) is 11.9. The smallest absolute Gasteiger partial charge is 0.0547 e. The largest absolute Gasteiger partial charge is 0.381 e. The summed E-state index contributed by atoms with van der Waals surface area (Å²) in [7, 11) is 0. The Kier molecular flexibility index (Phi) is 3.42. The van der Waals surface area contributed by atoms with Crippen LogP contribution >= 0.6 is 0 Å². The summed E-state index contributed by atoms with van der Waals surface area (Å²) in [4.78, 5) is 2.71. The Morgan fingerprint density at radius 1 is 1.12 bits per heavy atom. The first-order valence-corrected chi connectivity index (χ1v) is 7.30. The minimum atomic E-state index is 0.268. The zero-order chi connectivity index (χ0) is 11.7. The third-order valence-corrected chi connectivity index (χ3v) is 4.60. The molecule has 3 aliphatic rings. The van der Waals surface area contributed by atoms with Gasteiger partial charge >= 0.3 is 0 Å². The fraction of sp³-hybridized carbons (Fsp3) is 1.00. The van der Waals surface area contributed by atoms with E-state index in [1.807, 2.05) is 0 Å². The van der Waals surface area contributed by atoms with Crippen molar-refractivity contribution in [2.24, 2.45) is 23.0 Å². The van der Waals surface area contributed by atoms with E-state index in [1.165, 1.54) is 45.3 Å². The van der Waals surface area contributed by atoms with Crippen LogP contribution in [0.4, 0.5) is 0 Å². The highest BCUT2D eigenvalue weighted by Gasteiger charge is 2.38. The second kappa shape index (κ2) is 4.87. The van der Waals surface area contributed by atoms with Crippen LogP contribution in [0, 0.1) is 17.3 Å². The standard InChI is InChI=1S/C14H26N2O/c15-9-14(5-6-17-11-14)10-16(7-12-1-2-12)8-13-3-4-13/h12-13H,1-11,15H2. The van der Waals surface area contributed by atoms with Crippen LogP contribution in [-0.4, -0.2) is 44.3 Å². The molecule has 0 aromatic carbocycles. The third kappa shape index (κ3) is 3.21. The Morgan fingerprint density at radius 2 is 1.76 bits per heavy atom. The number of nitrogens with zero attached hydrogens (tertiary/aromatic N) is 1. The van der Waals surface area contributed by atoms with Crippen LogP contribution in [0.2, 0.25) is 0 Å². The molecule has 1 aliphatic heterocycles. The van der Waals surface area contributed by atoms with Gasteiger partial charge in [0, 0.05) is 38.2 Å². The van der Waals surface area contributed by atoms with Crippen molar-refractivity contribution in [3.8, 4) is 0 Å². The van der Waals surface area contributed by atoms with Gasteiger partial charge < -0.3 is 15.4 Å². The van der Waals surface area contributed by atoms with Crippen LogP contribution < -0.4 is 5.73 Å². The summed E-state index contributed by atoms with van der Waals surface area (Å²) in [5.41, 5.74) is 6.27. The van der Waals surface area contributed by atoms with Gasteiger partial charge in [0.05, 0.1) is 6.61 Å². The molecule has 0 aromatic rings. The molecule has 3 nitrogen and oxygen atoms in total. The van der Waals surface area contributed by atoms with Crippen LogP contribution in [0.15, 0.2) is 0 Å². The van der Waals surface area contributed by atoms with E-state index < -0.39 is 0 Å². The van der Waals surface area contributed by atoms with E-state index in [1.54, 1.807) is 0 Å². The van der Waals surface area contributed by atoms with Crippen molar-refractivity contribution in [3.05, 3.63) is 0 Å². The summed E-state index contributed by atoms with van der Waals surface area (Å²) in [6, 6.07) is 0. The summed E-state index contributed by atoms with van der Waals surface area (Å²) in [5.74, 6) is 1.98. The van der Waals surface area contributed by atoms with Gasteiger partial charge in [0.1, 0.15) is 0 Å². The summed E-state index contributed by atoms with van der Waals surface area (Å²) in [6.07, 6.45) is 6.97. The lowest BCUT2D eigenvalue weighted by Crippen LogP contribution is -2.44. The topological polar surface area (TPSA) is 38.5 Å². The highest BCUT2D eigenvalue weighted by Crippen LogP contribution is 2.36. The van der Waals surface area contributed by atoms with Crippen LogP contribution in [-0.2, 0) is 4.74 Å². The molecule has 0 bridgehead atoms. The monoisotopic (exact) mass is 238 g/mol. The molecule has 1 heterocycles. The Bertz CT molecular complexity index is 241. The molecular formula is C14H26N2O. The van der Waals surface area contributed by atoms with E-state index in [0.717, 1.165) is 38.0 Å². The van der Waals surface area contributed by atoms with Gasteiger partial charge in [0.25, 0.3) is 0 Å². The predicted octanol–water partition coefficient (Wildman–Crippen LogP) is 1.47. The molecule has 1 atom stereocenters. The van der Waals surface area contributed by atoms with Gasteiger partial charge in [0.15, 0.2) is 0 Å². The molecule has 98 valence electrons. The predicted molar refractivity (Wildman–Crippen MR) is 68.8 cm³/mol. The maximum Gasteiger partial charge on any atom is 0.0547 e. The minimum absolute atomic E-state index is 0.268. The van der Waals surface area contributed by atoms with E-state index >= 15 is 0 Å². The molecule has 0 spiro atoms. The van der Waals surface area contributed by atoms with Crippen molar-refractivity contribution in [2.75, 3.05) is 39.4 Å². The number of rotatable bonds is 7. The van der Waals surface area contributed by atoms with E-state index in [0.29, 0.717) is 0 Å². The van der Waals surface area contributed by atoms with Gasteiger partial charge in [-0.25, -0.2) is 0 Å². The number of hydrogen-bond acceptors (Lipinski definition) is 3. The second-order valence-electron chi connectivity index (χ2n) is 6.59. The zero-order valence-electron chi connectivity index (χ0n) is 10.9. The van der Waals surface area contributed by atoms with Crippen LogP contribution in [0.1, 0.15) is 32.1 Å². The molecule has 2 aliphatic carbocycles. The first-order valence-electron chi connectivity index (χ1n) is 7.30. The van der Waals surface area contributed by atoms with Gasteiger partial charge in [-0.1, -0.05) is 0 Å². The molecule has 3 heteroatoms. The number of nitrogens with two attached hydrogens (primary N) is 1. The molecule has 0 amide bonds. The lowest BCUT2D eigenvalue weighted by atomic mass is 9.86. The maximum atomic E-state index is 6.00. The Balaban J connectivity index is 1.56.